The molecule has 1 saturated heterocycles. The Labute approximate surface area is 62.6 Å². The maximum atomic E-state index is 10.7. The third-order valence-electron chi connectivity index (χ3n) is 1.24. The van der Waals surface area contributed by atoms with Gasteiger partial charge in [0, 0.05) is 5.75 Å². The highest BCUT2D eigenvalue weighted by Gasteiger charge is 2.30. The van der Waals surface area contributed by atoms with Crippen LogP contribution in [0.3, 0.4) is 0 Å². The van der Waals surface area contributed by atoms with E-state index in [4.69, 9.17) is 10.2 Å². The Morgan fingerprint density at radius 1 is 1.30 bits per heavy atom. The van der Waals surface area contributed by atoms with Crippen LogP contribution in [0.15, 0.2) is 0 Å². The lowest BCUT2D eigenvalue weighted by Crippen LogP contribution is -2.38. The molecule has 1 aliphatic heterocycles. The summed E-state index contributed by atoms with van der Waals surface area (Å²) >= 11 is 0. The summed E-state index contributed by atoms with van der Waals surface area (Å²) in [4.78, 5) is 0. The fraction of sp³-hybridized carbons (Fsp3) is 1.00. The van der Waals surface area contributed by atoms with E-state index in [1.165, 1.54) is 0 Å². The van der Waals surface area contributed by atoms with Crippen molar-refractivity contribution in [1.82, 2.24) is 0 Å². The van der Waals surface area contributed by atoms with Gasteiger partial charge in [-0.15, -0.1) is 0 Å². The maximum Gasteiger partial charge on any atom is 0.204 e. The molecule has 0 aromatic heterocycles. The minimum absolute atomic E-state index is 0.0729. The van der Waals surface area contributed by atoms with E-state index in [-0.39, 0.29) is 11.5 Å². The normalized spacial score (nSPS) is 39.4. The third kappa shape index (κ3) is 1.85. The molecule has 0 bridgehead atoms. The minimum Gasteiger partial charge on any atom is -0.389 e. The first-order valence-electron chi connectivity index (χ1n) is 2.74. The van der Waals surface area contributed by atoms with Crippen molar-refractivity contribution < 1.29 is 18.6 Å². The summed E-state index contributed by atoms with van der Waals surface area (Å²) < 4.78 is 21.4. The Hall–Kier alpha value is 0.220. The SMILES string of the molecule is O=S1(=O)C[C@@H](O)[C@@H](O)CS1. The quantitative estimate of drug-likeness (QED) is 0.462. The minimum atomic E-state index is -3.16. The Kier molecular flexibility index (Phi) is 2.24. The molecule has 2 atom stereocenters. The molecule has 0 aromatic rings. The molecule has 1 aliphatic rings. The van der Waals surface area contributed by atoms with Crippen molar-refractivity contribution >= 4 is 19.7 Å². The molecule has 0 saturated carbocycles. The highest BCUT2D eigenvalue weighted by molar-refractivity contribution is 8.72. The van der Waals surface area contributed by atoms with Crippen LogP contribution in [0.4, 0.5) is 0 Å². The Morgan fingerprint density at radius 3 is 2.30 bits per heavy atom. The van der Waals surface area contributed by atoms with Crippen LogP contribution >= 0.6 is 10.8 Å². The summed E-state index contributed by atoms with van der Waals surface area (Å²) in [5.41, 5.74) is 0. The van der Waals surface area contributed by atoms with Gasteiger partial charge in [-0.05, 0) is 10.8 Å². The average molecular weight is 184 g/mol. The molecule has 6 heteroatoms. The molecular weight excluding hydrogens is 176 g/mol. The van der Waals surface area contributed by atoms with E-state index in [1.54, 1.807) is 0 Å². The average Bonchev–Trinajstić information content (AvgIpc) is 1.79. The standard InChI is InChI=1S/C4H8O4S2/c5-3-1-9-10(7,8)2-4(3)6/h3-6H,1-2H2/t3-,4+/m0/s1. The van der Waals surface area contributed by atoms with Gasteiger partial charge in [0.15, 0.2) is 0 Å². The summed E-state index contributed by atoms with van der Waals surface area (Å²) in [7, 11) is -2.46. The van der Waals surface area contributed by atoms with E-state index >= 15 is 0 Å². The summed E-state index contributed by atoms with van der Waals surface area (Å²) in [5, 5.41) is 17.7. The molecule has 0 spiro atoms. The molecule has 10 heavy (non-hydrogen) atoms. The van der Waals surface area contributed by atoms with Gasteiger partial charge in [0.2, 0.25) is 8.87 Å². The van der Waals surface area contributed by atoms with E-state index in [0.717, 1.165) is 0 Å². The van der Waals surface area contributed by atoms with Crippen molar-refractivity contribution in [3.05, 3.63) is 0 Å². The molecule has 1 heterocycles. The predicted octanol–water partition coefficient (Wildman–Crippen LogP) is -1.22. The van der Waals surface area contributed by atoms with Crippen LogP contribution < -0.4 is 0 Å². The zero-order valence-electron chi connectivity index (χ0n) is 5.10. The van der Waals surface area contributed by atoms with E-state index in [1.807, 2.05) is 0 Å². The van der Waals surface area contributed by atoms with Crippen molar-refractivity contribution in [2.75, 3.05) is 11.5 Å². The van der Waals surface area contributed by atoms with Crippen LogP contribution in [-0.2, 0) is 8.87 Å². The topological polar surface area (TPSA) is 74.6 Å². The fourth-order valence-electron chi connectivity index (χ4n) is 0.653. The van der Waals surface area contributed by atoms with Gasteiger partial charge < -0.3 is 10.2 Å². The lowest BCUT2D eigenvalue weighted by atomic mass is 10.3. The predicted molar refractivity (Wildman–Crippen MR) is 38.3 cm³/mol. The molecule has 0 radical (unpaired) electrons. The largest absolute Gasteiger partial charge is 0.389 e. The number of aliphatic hydroxyl groups excluding tert-OH is 2. The van der Waals surface area contributed by atoms with E-state index in [0.29, 0.717) is 10.8 Å². The van der Waals surface area contributed by atoms with Crippen LogP contribution in [0.25, 0.3) is 0 Å². The number of aliphatic hydroxyl groups is 2. The molecule has 0 aromatic carbocycles. The van der Waals surface area contributed by atoms with Crippen molar-refractivity contribution in [3.8, 4) is 0 Å². The first kappa shape index (κ1) is 8.32. The zero-order chi connectivity index (χ0) is 7.78. The number of hydrogen-bond acceptors (Lipinski definition) is 5. The lowest BCUT2D eigenvalue weighted by molar-refractivity contribution is 0.0480. The van der Waals surface area contributed by atoms with Crippen molar-refractivity contribution in [3.63, 3.8) is 0 Å². The molecule has 2 N–H and O–H groups in total. The number of rotatable bonds is 0. The first-order chi connectivity index (χ1) is 4.51. The van der Waals surface area contributed by atoms with Crippen molar-refractivity contribution in [1.29, 1.82) is 0 Å². The van der Waals surface area contributed by atoms with Gasteiger partial charge in [0.25, 0.3) is 0 Å². The Balaban J connectivity index is 2.66. The molecule has 0 amide bonds. The van der Waals surface area contributed by atoms with Gasteiger partial charge in [0.05, 0.1) is 18.0 Å². The van der Waals surface area contributed by atoms with Gasteiger partial charge in [-0.3, -0.25) is 0 Å². The van der Waals surface area contributed by atoms with Gasteiger partial charge in [0.1, 0.15) is 0 Å². The molecule has 4 nitrogen and oxygen atoms in total. The van der Waals surface area contributed by atoms with E-state index < -0.39 is 21.1 Å². The lowest BCUT2D eigenvalue weighted by Gasteiger charge is -2.21. The molecule has 1 rings (SSSR count). The second-order valence-electron chi connectivity index (χ2n) is 2.14. The van der Waals surface area contributed by atoms with Gasteiger partial charge in [-0.1, -0.05) is 0 Å². The Bertz CT molecular complexity index is 209. The van der Waals surface area contributed by atoms with Gasteiger partial charge in [-0.25, -0.2) is 8.42 Å². The first-order valence-corrected chi connectivity index (χ1v) is 5.90. The fourth-order valence-corrected chi connectivity index (χ4v) is 3.71. The van der Waals surface area contributed by atoms with Crippen LogP contribution in [-0.4, -0.2) is 42.3 Å². The highest BCUT2D eigenvalue weighted by atomic mass is 33.1. The van der Waals surface area contributed by atoms with Gasteiger partial charge >= 0.3 is 0 Å². The van der Waals surface area contributed by atoms with Crippen molar-refractivity contribution in [2.24, 2.45) is 0 Å². The highest BCUT2D eigenvalue weighted by Crippen LogP contribution is 2.22. The molecule has 1 fully saturated rings. The van der Waals surface area contributed by atoms with E-state index in [9.17, 15) is 8.42 Å². The summed E-state index contributed by atoms with van der Waals surface area (Å²) in [6.45, 7) is 0. The van der Waals surface area contributed by atoms with Gasteiger partial charge in [-0.2, -0.15) is 0 Å². The van der Waals surface area contributed by atoms with Crippen LogP contribution in [0.2, 0.25) is 0 Å². The zero-order valence-corrected chi connectivity index (χ0v) is 6.73. The van der Waals surface area contributed by atoms with Crippen LogP contribution in [0.1, 0.15) is 0 Å². The summed E-state index contributed by atoms with van der Waals surface area (Å²) in [6.07, 6.45) is -2.00. The second kappa shape index (κ2) is 2.69. The third-order valence-corrected chi connectivity index (χ3v) is 4.72. The summed E-state index contributed by atoms with van der Waals surface area (Å²) in [6, 6.07) is 0. The van der Waals surface area contributed by atoms with Crippen molar-refractivity contribution in [2.45, 2.75) is 12.2 Å². The summed E-state index contributed by atoms with van der Waals surface area (Å²) in [5.74, 6) is -0.262. The molecule has 0 aliphatic carbocycles. The second-order valence-corrected chi connectivity index (χ2v) is 6.39. The van der Waals surface area contributed by atoms with Crippen LogP contribution in [0.5, 0.6) is 0 Å². The smallest absolute Gasteiger partial charge is 0.204 e. The molecule has 60 valence electrons. The Morgan fingerprint density at radius 2 is 1.90 bits per heavy atom. The molecule has 0 unspecified atom stereocenters. The number of hydrogen-bond donors (Lipinski definition) is 2. The monoisotopic (exact) mass is 184 g/mol. The maximum absolute atomic E-state index is 10.7. The van der Waals surface area contributed by atoms with E-state index in [2.05, 4.69) is 0 Å². The van der Waals surface area contributed by atoms with Crippen LogP contribution in [0, 0.1) is 0 Å². The molecular formula is C4H8O4S2.